The minimum atomic E-state index is -0.284. The average molecular weight is 293 g/mol. The standard InChI is InChI=1S/C19H19NO2/c1-12-9-19(3)16-11-20-10-15(14-7-5-4-6-8-14)17(16)22-18(19)21-13(12)2/h4-11,13,18H,1-3H3. The van der Waals surface area contributed by atoms with E-state index < -0.39 is 0 Å². The topological polar surface area (TPSA) is 31.4 Å². The lowest BCUT2D eigenvalue weighted by molar-refractivity contribution is -0.126. The van der Waals surface area contributed by atoms with Crippen LogP contribution in [0, 0.1) is 0 Å². The molecule has 0 N–H and O–H groups in total. The van der Waals surface area contributed by atoms with E-state index in [0.717, 1.165) is 22.4 Å². The lowest BCUT2D eigenvalue weighted by atomic mass is 9.79. The van der Waals surface area contributed by atoms with Gasteiger partial charge in [0.2, 0.25) is 6.29 Å². The SMILES string of the molecule is CC1=CC2(C)c3cncc(-c4ccccc4)c3OC2OC1C. The molecule has 2 aliphatic heterocycles. The van der Waals surface area contributed by atoms with Gasteiger partial charge in [0.1, 0.15) is 5.75 Å². The molecule has 2 aromatic rings. The summed E-state index contributed by atoms with van der Waals surface area (Å²) in [5.41, 5.74) is 4.20. The number of fused-ring (bicyclic) bond motifs is 3. The Labute approximate surface area is 130 Å². The van der Waals surface area contributed by atoms with E-state index in [9.17, 15) is 0 Å². The lowest BCUT2D eigenvalue weighted by Crippen LogP contribution is -2.42. The van der Waals surface area contributed by atoms with Crippen molar-refractivity contribution in [3.63, 3.8) is 0 Å². The van der Waals surface area contributed by atoms with Gasteiger partial charge in [0.15, 0.2) is 0 Å². The zero-order chi connectivity index (χ0) is 15.3. The molecule has 0 amide bonds. The van der Waals surface area contributed by atoms with Gasteiger partial charge in [0, 0.05) is 23.5 Å². The van der Waals surface area contributed by atoms with Crippen LogP contribution in [-0.2, 0) is 10.2 Å². The second-order valence-electron chi connectivity index (χ2n) is 6.33. The van der Waals surface area contributed by atoms with Crippen LogP contribution in [0.25, 0.3) is 11.1 Å². The second kappa shape index (κ2) is 4.68. The van der Waals surface area contributed by atoms with Crippen LogP contribution in [0.4, 0.5) is 0 Å². The highest BCUT2D eigenvalue weighted by Crippen LogP contribution is 2.50. The first-order chi connectivity index (χ1) is 10.6. The highest BCUT2D eigenvalue weighted by Gasteiger charge is 2.49. The Kier molecular flexibility index (Phi) is 2.88. The van der Waals surface area contributed by atoms with Crippen molar-refractivity contribution in [2.45, 2.75) is 38.6 Å². The van der Waals surface area contributed by atoms with Gasteiger partial charge in [-0.2, -0.15) is 0 Å². The van der Waals surface area contributed by atoms with Crippen LogP contribution in [0.3, 0.4) is 0 Å². The van der Waals surface area contributed by atoms with Crippen molar-refractivity contribution in [3.05, 3.63) is 59.9 Å². The molecule has 0 radical (unpaired) electrons. The molecular formula is C19H19NO2. The van der Waals surface area contributed by atoms with Crippen LogP contribution in [0.1, 0.15) is 26.3 Å². The van der Waals surface area contributed by atoms with Crippen molar-refractivity contribution in [2.75, 3.05) is 0 Å². The third-order valence-corrected chi connectivity index (χ3v) is 4.77. The molecule has 3 heterocycles. The quantitative estimate of drug-likeness (QED) is 0.742. The Morgan fingerprint density at radius 2 is 1.91 bits per heavy atom. The van der Waals surface area contributed by atoms with E-state index in [1.807, 2.05) is 30.6 Å². The average Bonchev–Trinajstić information content (AvgIpc) is 2.81. The summed E-state index contributed by atoms with van der Waals surface area (Å²) in [7, 11) is 0. The Balaban J connectivity index is 1.89. The van der Waals surface area contributed by atoms with Gasteiger partial charge in [-0.3, -0.25) is 4.98 Å². The van der Waals surface area contributed by atoms with Crippen LogP contribution in [0.2, 0.25) is 0 Å². The highest BCUT2D eigenvalue weighted by molar-refractivity contribution is 5.73. The first kappa shape index (κ1) is 13.5. The van der Waals surface area contributed by atoms with E-state index in [1.54, 1.807) is 0 Å². The van der Waals surface area contributed by atoms with Gasteiger partial charge >= 0.3 is 0 Å². The van der Waals surface area contributed by atoms with E-state index in [1.165, 1.54) is 5.57 Å². The van der Waals surface area contributed by atoms with Crippen LogP contribution >= 0.6 is 0 Å². The molecule has 2 aliphatic rings. The normalized spacial score (nSPS) is 29.3. The van der Waals surface area contributed by atoms with Crippen molar-refractivity contribution < 1.29 is 9.47 Å². The second-order valence-corrected chi connectivity index (χ2v) is 6.33. The third kappa shape index (κ3) is 1.82. The molecule has 22 heavy (non-hydrogen) atoms. The minimum Gasteiger partial charge on any atom is -0.463 e. The van der Waals surface area contributed by atoms with Crippen molar-refractivity contribution in [1.82, 2.24) is 4.98 Å². The van der Waals surface area contributed by atoms with Gasteiger partial charge < -0.3 is 9.47 Å². The molecule has 0 fully saturated rings. The molecule has 112 valence electrons. The molecule has 1 aromatic carbocycles. The first-order valence-corrected chi connectivity index (χ1v) is 7.65. The Morgan fingerprint density at radius 3 is 2.68 bits per heavy atom. The van der Waals surface area contributed by atoms with E-state index in [-0.39, 0.29) is 17.8 Å². The number of benzene rings is 1. The van der Waals surface area contributed by atoms with Crippen molar-refractivity contribution in [2.24, 2.45) is 0 Å². The van der Waals surface area contributed by atoms with Crippen LogP contribution in [-0.4, -0.2) is 17.4 Å². The monoisotopic (exact) mass is 293 g/mol. The molecule has 0 saturated carbocycles. The Hall–Kier alpha value is -2.13. The van der Waals surface area contributed by atoms with Crippen molar-refractivity contribution in [1.29, 1.82) is 0 Å². The minimum absolute atomic E-state index is 0.0838. The highest BCUT2D eigenvalue weighted by atomic mass is 16.7. The van der Waals surface area contributed by atoms with E-state index >= 15 is 0 Å². The molecule has 0 saturated heterocycles. The summed E-state index contributed by atoms with van der Waals surface area (Å²) in [6.07, 6.45) is 5.85. The van der Waals surface area contributed by atoms with Gasteiger partial charge in [-0.25, -0.2) is 0 Å². The summed E-state index contributed by atoms with van der Waals surface area (Å²) in [5, 5.41) is 0. The summed E-state index contributed by atoms with van der Waals surface area (Å²) >= 11 is 0. The molecule has 3 atom stereocenters. The summed E-state index contributed by atoms with van der Waals surface area (Å²) in [6, 6.07) is 10.2. The predicted octanol–water partition coefficient (Wildman–Crippen LogP) is 4.09. The summed E-state index contributed by atoms with van der Waals surface area (Å²) in [5.74, 6) is 0.895. The van der Waals surface area contributed by atoms with Gasteiger partial charge in [-0.15, -0.1) is 0 Å². The largest absolute Gasteiger partial charge is 0.463 e. The molecule has 3 unspecified atom stereocenters. The maximum Gasteiger partial charge on any atom is 0.213 e. The van der Waals surface area contributed by atoms with Crippen LogP contribution in [0.5, 0.6) is 5.75 Å². The summed E-state index contributed by atoms with van der Waals surface area (Å²) in [4.78, 5) is 4.45. The summed E-state index contributed by atoms with van der Waals surface area (Å²) in [6.45, 7) is 6.34. The fraction of sp³-hybridized carbons (Fsp3) is 0.316. The molecule has 0 bridgehead atoms. The fourth-order valence-corrected chi connectivity index (χ4v) is 3.34. The van der Waals surface area contributed by atoms with Crippen LogP contribution in [0.15, 0.2) is 54.4 Å². The molecule has 1 aromatic heterocycles. The van der Waals surface area contributed by atoms with E-state index in [0.29, 0.717) is 0 Å². The molecule has 0 spiro atoms. The van der Waals surface area contributed by atoms with Crippen LogP contribution < -0.4 is 4.74 Å². The molecule has 3 nitrogen and oxygen atoms in total. The molecule has 3 heteroatoms. The lowest BCUT2D eigenvalue weighted by Gasteiger charge is -2.35. The van der Waals surface area contributed by atoms with E-state index in [4.69, 9.17) is 9.47 Å². The Morgan fingerprint density at radius 1 is 1.14 bits per heavy atom. The molecule has 4 rings (SSSR count). The number of rotatable bonds is 1. The summed E-state index contributed by atoms with van der Waals surface area (Å²) < 4.78 is 12.3. The van der Waals surface area contributed by atoms with Crippen molar-refractivity contribution >= 4 is 0 Å². The number of hydrogen-bond acceptors (Lipinski definition) is 3. The number of nitrogens with zero attached hydrogens (tertiary/aromatic N) is 1. The van der Waals surface area contributed by atoms with E-state index in [2.05, 4.69) is 44.0 Å². The Bertz CT molecular complexity index is 753. The van der Waals surface area contributed by atoms with Gasteiger partial charge in [0.25, 0.3) is 0 Å². The maximum atomic E-state index is 6.21. The molecule has 0 aliphatic carbocycles. The maximum absolute atomic E-state index is 6.21. The zero-order valence-electron chi connectivity index (χ0n) is 13.0. The number of ether oxygens (including phenoxy) is 2. The fourth-order valence-electron chi connectivity index (χ4n) is 3.34. The first-order valence-electron chi connectivity index (χ1n) is 7.65. The van der Waals surface area contributed by atoms with Gasteiger partial charge in [0.05, 0.1) is 11.5 Å². The predicted molar refractivity (Wildman–Crippen MR) is 85.7 cm³/mol. The molecular weight excluding hydrogens is 274 g/mol. The van der Waals surface area contributed by atoms with Gasteiger partial charge in [-0.05, 0) is 31.9 Å². The number of hydrogen-bond donors (Lipinski definition) is 0. The van der Waals surface area contributed by atoms with Gasteiger partial charge in [-0.1, -0.05) is 36.4 Å². The third-order valence-electron chi connectivity index (χ3n) is 4.77. The smallest absolute Gasteiger partial charge is 0.213 e. The number of pyridine rings is 1. The number of aromatic nitrogens is 1. The van der Waals surface area contributed by atoms with Crippen molar-refractivity contribution in [3.8, 4) is 16.9 Å². The zero-order valence-corrected chi connectivity index (χ0v) is 13.0.